The van der Waals surface area contributed by atoms with Crippen LogP contribution in [0.25, 0.3) is 0 Å². The minimum Gasteiger partial charge on any atom is -0.383 e. The molecule has 0 spiro atoms. The fourth-order valence-electron chi connectivity index (χ4n) is 0.246. The quantitative estimate of drug-likeness (QED) is 0.566. The zero-order valence-corrected chi connectivity index (χ0v) is 7.33. The molecule has 1 radical (unpaired) electrons. The van der Waals surface area contributed by atoms with Crippen molar-refractivity contribution in [2.75, 3.05) is 0 Å². The van der Waals surface area contributed by atoms with Crippen LogP contribution in [0.15, 0.2) is 5.38 Å². The molecule has 0 aromatic carbocycles. The van der Waals surface area contributed by atoms with Gasteiger partial charge in [-0.25, -0.2) is 0 Å². The summed E-state index contributed by atoms with van der Waals surface area (Å²) < 4.78 is 0. The van der Waals surface area contributed by atoms with Crippen molar-refractivity contribution >= 4 is 17.6 Å². The number of hydrogen-bond acceptors (Lipinski definition) is 3. The van der Waals surface area contributed by atoms with Gasteiger partial charge in [0.25, 0.3) is 0 Å². The van der Waals surface area contributed by atoms with Crippen LogP contribution in [0, 0.1) is 5.51 Å². The first-order valence-corrected chi connectivity index (χ1v) is 2.58. The van der Waals surface area contributed by atoms with Gasteiger partial charge in [-0.05, 0) is 11.2 Å². The van der Waals surface area contributed by atoms with Gasteiger partial charge >= 0.3 is 0 Å². The molecule has 0 aliphatic rings. The maximum Gasteiger partial charge on any atom is 0.102 e. The number of carbonyl (C=O) groups is 1. The molecule has 0 unspecified atom stereocenters. The van der Waals surface area contributed by atoms with Crippen LogP contribution in [0.2, 0.25) is 0 Å². The van der Waals surface area contributed by atoms with E-state index in [9.17, 15) is 4.79 Å². The van der Waals surface area contributed by atoms with Gasteiger partial charge in [-0.3, -0.25) is 11.3 Å². The Bertz CT molecular complexity index is 151. The molecular formula is C4H2NOReS-. The molecular weight excluding hydrogens is 296 g/mol. The van der Waals surface area contributed by atoms with Crippen LogP contribution in [-0.4, -0.2) is 11.3 Å². The molecule has 0 atom stereocenters. The summed E-state index contributed by atoms with van der Waals surface area (Å²) in [7, 11) is 0. The summed E-state index contributed by atoms with van der Waals surface area (Å²) in [5.41, 5.74) is 3.00. The van der Waals surface area contributed by atoms with Crippen molar-refractivity contribution in [3.05, 3.63) is 16.6 Å². The Hall–Kier alpha value is -0.0377. The molecule has 0 N–H and O–H groups in total. The second kappa shape index (κ2) is 3.90. The van der Waals surface area contributed by atoms with Crippen LogP contribution >= 0.6 is 11.3 Å². The molecule has 0 fully saturated rings. The average molecular weight is 298 g/mol. The molecule has 2 nitrogen and oxygen atoms in total. The van der Waals surface area contributed by atoms with Gasteiger partial charge in [0, 0.05) is 20.4 Å². The van der Waals surface area contributed by atoms with Gasteiger partial charge < -0.3 is 9.78 Å². The summed E-state index contributed by atoms with van der Waals surface area (Å²) in [4.78, 5) is 13.4. The maximum absolute atomic E-state index is 9.79. The Labute approximate surface area is 64.6 Å². The minimum atomic E-state index is 0. The van der Waals surface area contributed by atoms with Crippen LogP contribution in [-0.2, 0) is 20.4 Å². The average Bonchev–Trinajstić information content (AvgIpc) is 2.14. The van der Waals surface area contributed by atoms with E-state index in [1.54, 1.807) is 5.38 Å². The zero-order chi connectivity index (χ0) is 5.11. The number of aromatic nitrogens is 1. The summed E-state index contributed by atoms with van der Waals surface area (Å²) in [6.07, 6.45) is 0.701. The van der Waals surface area contributed by atoms with Crippen molar-refractivity contribution in [2.45, 2.75) is 0 Å². The van der Waals surface area contributed by atoms with Crippen molar-refractivity contribution in [2.24, 2.45) is 0 Å². The fraction of sp³-hybridized carbons (Fsp3) is 0. The Morgan fingerprint density at radius 1 is 1.88 bits per heavy atom. The molecule has 0 aliphatic heterocycles. The largest absolute Gasteiger partial charge is 0.383 e. The molecule has 0 saturated heterocycles. The number of rotatable bonds is 1. The van der Waals surface area contributed by atoms with Gasteiger partial charge in [-0.2, -0.15) is 0 Å². The van der Waals surface area contributed by atoms with E-state index in [0.717, 1.165) is 0 Å². The molecule has 0 saturated carbocycles. The Morgan fingerprint density at radius 3 is 2.88 bits per heavy atom. The standard InChI is InChI=1S/C4H2NOS.Re/c6-1-4-2-7-3-5-4;/h1-2H;/q-1;. The third kappa shape index (κ3) is 1.83. The third-order valence-electron chi connectivity index (χ3n) is 0.528. The molecule has 1 aromatic rings. The van der Waals surface area contributed by atoms with Crippen molar-refractivity contribution in [3.63, 3.8) is 0 Å². The first-order chi connectivity index (χ1) is 3.43. The molecule has 1 heterocycles. The molecule has 0 bridgehead atoms. The monoisotopic (exact) mass is 299 g/mol. The van der Waals surface area contributed by atoms with E-state index in [4.69, 9.17) is 0 Å². The minimum absolute atomic E-state index is 0. The van der Waals surface area contributed by atoms with Crippen LogP contribution in [0.5, 0.6) is 0 Å². The van der Waals surface area contributed by atoms with Gasteiger partial charge in [-0.1, -0.05) is 0 Å². The summed E-state index contributed by atoms with van der Waals surface area (Å²) in [6.45, 7) is 0. The first kappa shape index (κ1) is 7.96. The van der Waals surface area contributed by atoms with Crippen molar-refractivity contribution in [3.8, 4) is 0 Å². The second-order valence-electron chi connectivity index (χ2n) is 0.982. The number of aldehydes is 1. The van der Waals surface area contributed by atoms with Crippen LogP contribution in [0.3, 0.4) is 0 Å². The van der Waals surface area contributed by atoms with E-state index in [1.807, 2.05) is 0 Å². The van der Waals surface area contributed by atoms with E-state index < -0.39 is 0 Å². The van der Waals surface area contributed by atoms with Gasteiger partial charge in [0.1, 0.15) is 6.29 Å². The van der Waals surface area contributed by atoms with E-state index >= 15 is 0 Å². The first-order valence-electron chi connectivity index (χ1n) is 1.70. The number of nitrogens with zero attached hydrogens (tertiary/aromatic N) is 1. The number of hydrogen-bond donors (Lipinski definition) is 0. The molecule has 0 aliphatic carbocycles. The zero-order valence-electron chi connectivity index (χ0n) is 3.80. The van der Waals surface area contributed by atoms with E-state index in [-0.39, 0.29) is 20.4 Å². The van der Waals surface area contributed by atoms with Crippen molar-refractivity contribution < 1.29 is 25.2 Å². The molecule has 8 heavy (non-hydrogen) atoms. The van der Waals surface area contributed by atoms with Gasteiger partial charge in [0.2, 0.25) is 0 Å². The smallest absolute Gasteiger partial charge is 0.102 e. The Balaban J connectivity index is 0.000000490. The Kier molecular flexibility index (Phi) is 3.89. The topological polar surface area (TPSA) is 30.0 Å². The predicted molar refractivity (Wildman–Crippen MR) is 26.3 cm³/mol. The van der Waals surface area contributed by atoms with Gasteiger partial charge in [0.05, 0.1) is 0 Å². The van der Waals surface area contributed by atoms with E-state index in [2.05, 4.69) is 10.5 Å². The molecule has 1 rings (SSSR count). The van der Waals surface area contributed by atoms with Gasteiger partial charge in [0.15, 0.2) is 0 Å². The molecule has 43 valence electrons. The summed E-state index contributed by atoms with van der Waals surface area (Å²) >= 11 is 1.30. The van der Waals surface area contributed by atoms with Crippen LogP contribution in [0.4, 0.5) is 0 Å². The number of thiazole rings is 1. The number of carbonyl (C=O) groups excluding carboxylic acids is 1. The van der Waals surface area contributed by atoms with Crippen molar-refractivity contribution in [1.29, 1.82) is 0 Å². The normalized spacial score (nSPS) is 7.50. The fourth-order valence-corrected chi connectivity index (χ4v) is 0.686. The SMILES string of the molecule is O=Cc1cs[c-]n1.[Re]. The van der Waals surface area contributed by atoms with Crippen LogP contribution in [0.1, 0.15) is 10.5 Å². The van der Waals surface area contributed by atoms with Crippen molar-refractivity contribution in [1.82, 2.24) is 4.98 Å². The Morgan fingerprint density at radius 2 is 2.62 bits per heavy atom. The molecule has 1 aromatic heterocycles. The second-order valence-corrected chi connectivity index (χ2v) is 1.64. The van der Waals surface area contributed by atoms with E-state index in [1.165, 1.54) is 11.3 Å². The molecule has 4 heteroatoms. The summed E-state index contributed by atoms with van der Waals surface area (Å²) in [5.74, 6) is 0. The van der Waals surface area contributed by atoms with Crippen LogP contribution < -0.4 is 0 Å². The molecule has 0 amide bonds. The maximum atomic E-state index is 9.79. The summed E-state index contributed by atoms with van der Waals surface area (Å²) in [6, 6.07) is 0. The third-order valence-corrected chi connectivity index (χ3v) is 1.08. The van der Waals surface area contributed by atoms with E-state index in [0.29, 0.717) is 12.0 Å². The summed E-state index contributed by atoms with van der Waals surface area (Å²) in [5, 5.41) is 1.65. The van der Waals surface area contributed by atoms with Gasteiger partial charge in [-0.15, -0.1) is 5.38 Å². The predicted octanol–water partition coefficient (Wildman–Crippen LogP) is 0.753.